The van der Waals surface area contributed by atoms with Crippen LogP contribution in [-0.2, 0) is 10.0 Å². The van der Waals surface area contributed by atoms with Crippen molar-refractivity contribution in [1.29, 1.82) is 0 Å². The zero-order valence-electron chi connectivity index (χ0n) is 22.0. The van der Waals surface area contributed by atoms with E-state index < -0.39 is 22.0 Å². The van der Waals surface area contributed by atoms with Crippen LogP contribution in [0.5, 0.6) is 17.4 Å². The highest BCUT2D eigenvalue weighted by Gasteiger charge is 2.39. The minimum absolute atomic E-state index is 0.0155. The Labute approximate surface area is 222 Å². The van der Waals surface area contributed by atoms with Crippen molar-refractivity contribution in [3.8, 4) is 17.4 Å². The molecule has 1 saturated heterocycles. The quantitative estimate of drug-likeness (QED) is 0.434. The zero-order valence-corrected chi connectivity index (χ0v) is 22.8. The second kappa shape index (κ2) is 10.6. The van der Waals surface area contributed by atoms with Gasteiger partial charge in [0.05, 0.1) is 18.8 Å². The highest BCUT2D eigenvalue weighted by atomic mass is 32.2. The lowest BCUT2D eigenvalue weighted by Crippen LogP contribution is -2.41. The first-order chi connectivity index (χ1) is 17.9. The molecule has 2 N–H and O–H groups in total. The van der Waals surface area contributed by atoms with Gasteiger partial charge in [0, 0.05) is 24.3 Å². The van der Waals surface area contributed by atoms with Gasteiger partial charge in [0.25, 0.3) is 15.9 Å². The number of amides is 1. The van der Waals surface area contributed by atoms with Crippen LogP contribution in [0.1, 0.15) is 56.1 Å². The normalized spacial score (nSPS) is 17.6. The second-order valence-corrected chi connectivity index (χ2v) is 11.7. The predicted octanol–water partition coefficient (Wildman–Crippen LogP) is 4.07. The third kappa shape index (κ3) is 5.73. The van der Waals surface area contributed by atoms with Crippen molar-refractivity contribution in [2.45, 2.75) is 50.8 Å². The molecule has 2 atom stereocenters. The molecule has 0 radical (unpaired) electrons. The zero-order chi connectivity index (χ0) is 27.7. The third-order valence-corrected chi connectivity index (χ3v) is 7.68. The van der Waals surface area contributed by atoms with Crippen LogP contribution in [0.2, 0.25) is 0 Å². The summed E-state index contributed by atoms with van der Waals surface area (Å²) in [6.45, 7) is 8.62. The summed E-state index contributed by atoms with van der Waals surface area (Å²) in [6.07, 6.45) is 1.81. The lowest BCUT2D eigenvalue weighted by atomic mass is 9.97. The Hall–Kier alpha value is -3.70. The van der Waals surface area contributed by atoms with Gasteiger partial charge in [-0.05, 0) is 69.0 Å². The van der Waals surface area contributed by atoms with E-state index in [0.29, 0.717) is 29.6 Å². The summed E-state index contributed by atoms with van der Waals surface area (Å²) >= 11 is 0. The Morgan fingerprint density at radius 1 is 1.18 bits per heavy atom. The Kier molecular flexibility index (Phi) is 7.61. The average molecular weight is 541 g/mol. The monoisotopic (exact) mass is 540 g/mol. The van der Waals surface area contributed by atoms with Crippen LogP contribution in [0.4, 0.5) is 5.82 Å². The summed E-state index contributed by atoms with van der Waals surface area (Å²) in [7, 11) is -2.88. The van der Waals surface area contributed by atoms with Crippen molar-refractivity contribution in [2.24, 2.45) is 5.92 Å². The number of hydrogen-bond acceptors (Lipinski definition) is 9. The van der Waals surface area contributed by atoms with Gasteiger partial charge in [-0.25, -0.2) is 9.71 Å². The van der Waals surface area contributed by atoms with Crippen LogP contribution in [0, 0.1) is 5.92 Å². The maximum Gasteiger partial charge on any atom is 0.281 e. The number of rotatable bonds is 8. The molecule has 1 amide bonds. The van der Waals surface area contributed by atoms with E-state index in [1.165, 1.54) is 25.3 Å². The Morgan fingerprint density at radius 2 is 1.95 bits per heavy atom. The van der Waals surface area contributed by atoms with Crippen LogP contribution < -0.4 is 19.1 Å². The van der Waals surface area contributed by atoms with Crippen molar-refractivity contribution in [3.05, 3.63) is 65.9 Å². The molecule has 0 bridgehead atoms. The maximum atomic E-state index is 13.2. The van der Waals surface area contributed by atoms with E-state index in [4.69, 9.17) is 9.47 Å². The first-order valence-corrected chi connectivity index (χ1v) is 13.7. The van der Waals surface area contributed by atoms with E-state index in [1.54, 1.807) is 43.5 Å². The van der Waals surface area contributed by atoms with Gasteiger partial charge in [0.2, 0.25) is 5.88 Å². The van der Waals surface area contributed by atoms with Crippen molar-refractivity contribution >= 4 is 21.7 Å². The molecule has 4 rings (SSSR count). The molecule has 38 heavy (non-hydrogen) atoms. The van der Waals surface area contributed by atoms with E-state index in [9.17, 15) is 18.3 Å². The van der Waals surface area contributed by atoms with Crippen LogP contribution in [0.15, 0.2) is 59.8 Å². The van der Waals surface area contributed by atoms with Gasteiger partial charge in [-0.15, -0.1) is 0 Å². The molecular weight excluding hydrogens is 508 g/mol. The van der Waals surface area contributed by atoms with Gasteiger partial charge in [-0.3, -0.25) is 4.79 Å². The molecule has 3 aromatic rings. The van der Waals surface area contributed by atoms with E-state index in [-0.39, 0.29) is 27.8 Å². The molecule has 3 heterocycles. The van der Waals surface area contributed by atoms with Gasteiger partial charge in [-0.1, -0.05) is 19.1 Å². The van der Waals surface area contributed by atoms with Crippen molar-refractivity contribution in [3.63, 3.8) is 0 Å². The number of aromatic nitrogens is 2. The molecule has 11 heteroatoms. The minimum atomic E-state index is -4.34. The van der Waals surface area contributed by atoms with Gasteiger partial charge < -0.3 is 19.5 Å². The van der Waals surface area contributed by atoms with E-state index in [1.807, 2.05) is 4.90 Å². The number of pyridine rings is 2. The van der Waals surface area contributed by atoms with Crippen molar-refractivity contribution in [1.82, 2.24) is 14.7 Å². The molecule has 1 aromatic carbocycles. The highest BCUT2D eigenvalue weighted by Crippen LogP contribution is 2.37. The summed E-state index contributed by atoms with van der Waals surface area (Å²) in [5.41, 5.74) is 0.556. The topological polar surface area (TPSA) is 131 Å². The summed E-state index contributed by atoms with van der Waals surface area (Å²) in [6, 6.07) is 12.2. The highest BCUT2D eigenvalue weighted by molar-refractivity contribution is 7.90. The second-order valence-electron chi connectivity index (χ2n) is 10.0. The number of aliphatic hydroxyl groups is 1. The molecule has 10 nitrogen and oxygen atoms in total. The number of nitrogens with one attached hydrogen (secondary N) is 1. The summed E-state index contributed by atoms with van der Waals surface area (Å²) in [5, 5.41) is 9.42. The summed E-state index contributed by atoms with van der Waals surface area (Å²) < 4.78 is 39.5. The predicted molar refractivity (Wildman–Crippen MR) is 142 cm³/mol. The van der Waals surface area contributed by atoms with Crippen LogP contribution in [0.3, 0.4) is 0 Å². The SMILES string of the molecule is COc1cc(C(C)O)ccc1Oc1cccc(S(=O)(=O)NC(=O)c2cccnc2N2CC(C)CC2(C)C)n1. The fraction of sp³-hybridized carbons (Fsp3) is 0.370. The molecule has 1 aliphatic heterocycles. The maximum absolute atomic E-state index is 13.2. The number of hydrogen-bond donors (Lipinski definition) is 2. The van der Waals surface area contributed by atoms with Gasteiger partial charge in [0.15, 0.2) is 16.5 Å². The number of sulfonamides is 1. The van der Waals surface area contributed by atoms with E-state index in [0.717, 1.165) is 6.42 Å². The number of carbonyl (C=O) groups excluding carboxylic acids is 1. The molecule has 1 aliphatic rings. The van der Waals surface area contributed by atoms with Crippen LogP contribution >= 0.6 is 0 Å². The van der Waals surface area contributed by atoms with E-state index in [2.05, 4.69) is 35.5 Å². The molecule has 1 fully saturated rings. The van der Waals surface area contributed by atoms with E-state index >= 15 is 0 Å². The van der Waals surface area contributed by atoms with Crippen LogP contribution in [0.25, 0.3) is 0 Å². The van der Waals surface area contributed by atoms with Gasteiger partial charge in [-0.2, -0.15) is 13.4 Å². The molecule has 202 valence electrons. The number of benzene rings is 1. The lowest BCUT2D eigenvalue weighted by Gasteiger charge is -2.33. The first kappa shape index (κ1) is 27.3. The average Bonchev–Trinajstić information content (AvgIpc) is 3.15. The molecule has 0 spiro atoms. The first-order valence-electron chi connectivity index (χ1n) is 12.2. The third-order valence-electron chi connectivity index (χ3n) is 6.44. The van der Waals surface area contributed by atoms with Crippen molar-refractivity contribution < 1.29 is 27.8 Å². The largest absolute Gasteiger partial charge is 0.493 e. The molecule has 0 saturated carbocycles. The fourth-order valence-electron chi connectivity index (χ4n) is 4.72. The Balaban J connectivity index is 1.57. The van der Waals surface area contributed by atoms with Crippen LogP contribution in [-0.4, -0.2) is 48.6 Å². The number of carbonyl (C=O) groups is 1. The standard InChI is InChI=1S/C27H32N4O6S/c1-17-15-27(3,4)31(16-17)25-20(8-7-13-28-25)26(33)30-38(34,35)24-10-6-9-23(29-24)37-21-12-11-19(18(2)32)14-22(21)36-5/h6-14,17-18,32H,15-16H2,1-5H3,(H,30,33). The summed E-state index contributed by atoms with van der Waals surface area (Å²) in [4.78, 5) is 23.8. The number of ether oxygens (including phenoxy) is 2. The van der Waals surface area contributed by atoms with Crippen molar-refractivity contribution in [2.75, 3.05) is 18.6 Å². The molecule has 2 unspecified atom stereocenters. The fourth-order valence-corrected chi connectivity index (χ4v) is 5.65. The molecule has 2 aromatic heterocycles. The molecular formula is C27H32N4O6S. The number of nitrogens with zero attached hydrogens (tertiary/aromatic N) is 3. The minimum Gasteiger partial charge on any atom is -0.493 e. The smallest absolute Gasteiger partial charge is 0.281 e. The van der Waals surface area contributed by atoms with Gasteiger partial charge >= 0.3 is 0 Å². The number of methoxy groups -OCH3 is 1. The molecule has 0 aliphatic carbocycles. The lowest BCUT2D eigenvalue weighted by molar-refractivity contribution is 0.0981. The Bertz CT molecular complexity index is 1440. The van der Waals surface area contributed by atoms with Gasteiger partial charge in [0.1, 0.15) is 5.82 Å². The number of anilines is 1. The Morgan fingerprint density at radius 3 is 2.61 bits per heavy atom. The number of aliphatic hydroxyl groups excluding tert-OH is 1. The summed E-state index contributed by atoms with van der Waals surface area (Å²) in [5.74, 6) is 0.651.